The highest BCUT2D eigenvalue weighted by atomic mass is 32.2. The second-order valence-corrected chi connectivity index (χ2v) is 7.91. The van der Waals surface area contributed by atoms with E-state index in [0.29, 0.717) is 19.6 Å². The molecular weight excluding hydrogens is 300 g/mol. The SMILES string of the molecule is CCc1ccc(-n2cc(CN3CCS(=O)(=O)CC3)nn2)cc1. The predicted molar refractivity (Wildman–Crippen MR) is 84.7 cm³/mol. The molecule has 1 saturated heterocycles. The maximum Gasteiger partial charge on any atom is 0.152 e. The maximum atomic E-state index is 11.4. The molecule has 0 bridgehead atoms. The third-order valence-corrected chi connectivity index (χ3v) is 5.58. The minimum atomic E-state index is -2.84. The molecule has 0 amide bonds. The van der Waals surface area contributed by atoms with E-state index < -0.39 is 9.84 Å². The van der Waals surface area contributed by atoms with Gasteiger partial charge in [-0.1, -0.05) is 24.3 Å². The maximum absolute atomic E-state index is 11.4. The van der Waals surface area contributed by atoms with E-state index in [0.717, 1.165) is 17.8 Å². The summed E-state index contributed by atoms with van der Waals surface area (Å²) in [4.78, 5) is 2.11. The van der Waals surface area contributed by atoms with Crippen molar-refractivity contribution in [3.63, 3.8) is 0 Å². The van der Waals surface area contributed by atoms with Crippen molar-refractivity contribution in [3.05, 3.63) is 41.7 Å². The van der Waals surface area contributed by atoms with Crippen LogP contribution < -0.4 is 0 Å². The fourth-order valence-electron chi connectivity index (χ4n) is 2.52. The number of hydrogen-bond acceptors (Lipinski definition) is 5. The van der Waals surface area contributed by atoms with E-state index in [1.165, 1.54) is 5.56 Å². The van der Waals surface area contributed by atoms with Crippen LogP contribution in [-0.4, -0.2) is 52.9 Å². The third kappa shape index (κ3) is 3.53. The van der Waals surface area contributed by atoms with Gasteiger partial charge in [0.2, 0.25) is 0 Å². The van der Waals surface area contributed by atoms with Gasteiger partial charge in [-0.25, -0.2) is 13.1 Å². The van der Waals surface area contributed by atoms with Crippen molar-refractivity contribution < 1.29 is 8.42 Å². The Bertz CT molecular complexity index is 723. The van der Waals surface area contributed by atoms with Gasteiger partial charge in [0.05, 0.1) is 29.1 Å². The van der Waals surface area contributed by atoms with E-state index >= 15 is 0 Å². The molecule has 7 heteroatoms. The molecule has 0 unspecified atom stereocenters. The zero-order valence-corrected chi connectivity index (χ0v) is 13.5. The molecular formula is C15H20N4O2S. The summed E-state index contributed by atoms with van der Waals surface area (Å²) >= 11 is 0. The number of aromatic nitrogens is 3. The molecule has 1 fully saturated rings. The van der Waals surface area contributed by atoms with E-state index in [4.69, 9.17) is 0 Å². The van der Waals surface area contributed by atoms with Crippen LogP contribution in [0.1, 0.15) is 18.2 Å². The highest BCUT2D eigenvalue weighted by molar-refractivity contribution is 7.91. The Morgan fingerprint density at radius 1 is 1.14 bits per heavy atom. The number of hydrogen-bond donors (Lipinski definition) is 0. The molecule has 0 saturated carbocycles. The summed E-state index contributed by atoms with van der Waals surface area (Å²) in [6.07, 6.45) is 2.92. The summed E-state index contributed by atoms with van der Waals surface area (Å²) in [6.45, 7) is 3.91. The minimum Gasteiger partial charge on any atom is -0.295 e. The molecule has 0 aliphatic carbocycles. The molecule has 6 nitrogen and oxygen atoms in total. The van der Waals surface area contributed by atoms with Crippen LogP contribution in [-0.2, 0) is 22.8 Å². The quantitative estimate of drug-likeness (QED) is 0.842. The zero-order chi connectivity index (χ0) is 15.6. The Balaban J connectivity index is 1.66. The van der Waals surface area contributed by atoms with Crippen LogP contribution in [0.2, 0.25) is 0 Å². The van der Waals surface area contributed by atoms with Gasteiger partial charge in [-0.3, -0.25) is 4.90 Å². The van der Waals surface area contributed by atoms with Crippen LogP contribution in [0.25, 0.3) is 5.69 Å². The Labute approximate surface area is 130 Å². The van der Waals surface area contributed by atoms with Crippen molar-refractivity contribution >= 4 is 9.84 Å². The van der Waals surface area contributed by atoms with Crippen molar-refractivity contribution in [1.82, 2.24) is 19.9 Å². The normalized spacial score (nSPS) is 18.4. The molecule has 0 spiro atoms. The lowest BCUT2D eigenvalue weighted by molar-refractivity contribution is 0.284. The number of aryl methyl sites for hydroxylation is 1. The van der Waals surface area contributed by atoms with Gasteiger partial charge in [-0.15, -0.1) is 5.10 Å². The summed E-state index contributed by atoms with van der Waals surface area (Å²) in [5, 5.41) is 8.35. The Hall–Kier alpha value is -1.73. The summed E-state index contributed by atoms with van der Waals surface area (Å²) in [5.41, 5.74) is 3.13. The first-order valence-corrected chi connectivity index (χ1v) is 9.31. The fraction of sp³-hybridized carbons (Fsp3) is 0.467. The molecule has 118 valence electrons. The number of nitrogens with zero attached hydrogens (tertiary/aromatic N) is 4. The molecule has 1 aliphatic heterocycles. The highest BCUT2D eigenvalue weighted by Crippen LogP contribution is 2.12. The summed E-state index contributed by atoms with van der Waals surface area (Å²) < 4.78 is 24.6. The van der Waals surface area contributed by atoms with E-state index in [1.807, 2.05) is 18.3 Å². The molecule has 2 aromatic rings. The number of sulfone groups is 1. The van der Waals surface area contributed by atoms with Crippen molar-refractivity contribution in [2.24, 2.45) is 0 Å². The van der Waals surface area contributed by atoms with Gasteiger partial charge in [0.25, 0.3) is 0 Å². The van der Waals surface area contributed by atoms with Crippen molar-refractivity contribution in [1.29, 1.82) is 0 Å². The van der Waals surface area contributed by atoms with Gasteiger partial charge in [0.15, 0.2) is 9.84 Å². The summed E-state index contributed by atoms with van der Waals surface area (Å²) in [6, 6.07) is 8.24. The topological polar surface area (TPSA) is 68.1 Å². The molecule has 1 aromatic heterocycles. The van der Waals surface area contributed by atoms with Crippen LogP contribution in [0, 0.1) is 0 Å². The molecule has 0 atom stereocenters. The standard InChI is InChI=1S/C15H20N4O2S/c1-2-13-3-5-15(6-4-13)19-12-14(16-17-19)11-18-7-9-22(20,21)10-8-18/h3-6,12H,2,7-11H2,1H3. The largest absolute Gasteiger partial charge is 0.295 e. The molecule has 2 heterocycles. The van der Waals surface area contributed by atoms with Crippen LogP contribution in [0.5, 0.6) is 0 Å². The van der Waals surface area contributed by atoms with Crippen molar-refractivity contribution in [2.45, 2.75) is 19.9 Å². The van der Waals surface area contributed by atoms with Gasteiger partial charge >= 0.3 is 0 Å². The monoisotopic (exact) mass is 320 g/mol. The Kier molecular flexibility index (Phi) is 4.26. The average Bonchev–Trinajstić information content (AvgIpc) is 2.98. The molecule has 0 radical (unpaired) electrons. The van der Waals surface area contributed by atoms with Crippen LogP contribution >= 0.6 is 0 Å². The lowest BCUT2D eigenvalue weighted by atomic mass is 10.1. The second-order valence-electron chi connectivity index (χ2n) is 5.60. The van der Waals surface area contributed by atoms with Crippen LogP contribution in [0.4, 0.5) is 0 Å². The Morgan fingerprint density at radius 3 is 2.45 bits per heavy atom. The van der Waals surface area contributed by atoms with E-state index in [9.17, 15) is 8.42 Å². The molecule has 3 rings (SSSR count). The second kappa shape index (κ2) is 6.18. The average molecular weight is 320 g/mol. The molecule has 1 aromatic carbocycles. The smallest absolute Gasteiger partial charge is 0.152 e. The lowest BCUT2D eigenvalue weighted by Crippen LogP contribution is -2.39. The van der Waals surface area contributed by atoms with Crippen molar-refractivity contribution in [3.8, 4) is 5.69 Å². The van der Waals surface area contributed by atoms with Gasteiger partial charge in [0, 0.05) is 19.6 Å². The van der Waals surface area contributed by atoms with E-state index in [1.54, 1.807) is 4.68 Å². The fourth-order valence-corrected chi connectivity index (χ4v) is 3.80. The van der Waals surface area contributed by atoms with E-state index in [-0.39, 0.29) is 11.5 Å². The van der Waals surface area contributed by atoms with Gasteiger partial charge in [0.1, 0.15) is 0 Å². The first-order valence-electron chi connectivity index (χ1n) is 7.49. The minimum absolute atomic E-state index is 0.236. The zero-order valence-electron chi connectivity index (χ0n) is 12.6. The third-order valence-electron chi connectivity index (χ3n) is 3.97. The van der Waals surface area contributed by atoms with Crippen LogP contribution in [0.15, 0.2) is 30.5 Å². The Morgan fingerprint density at radius 2 is 1.82 bits per heavy atom. The highest BCUT2D eigenvalue weighted by Gasteiger charge is 2.22. The van der Waals surface area contributed by atoms with Gasteiger partial charge in [-0.2, -0.15) is 0 Å². The first-order chi connectivity index (χ1) is 10.6. The van der Waals surface area contributed by atoms with Gasteiger partial charge in [-0.05, 0) is 24.1 Å². The van der Waals surface area contributed by atoms with E-state index in [2.05, 4.69) is 34.3 Å². The van der Waals surface area contributed by atoms with Crippen molar-refractivity contribution in [2.75, 3.05) is 24.6 Å². The molecule has 0 N–H and O–H groups in total. The summed E-state index contributed by atoms with van der Waals surface area (Å²) in [7, 11) is -2.84. The van der Waals surface area contributed by atoms with Crippen LogP contribution in [0.3, 0.4) is 0 Å². The molecule has 22 heavy (non-hydrogen) atoms. The predicted octanol–water partition coefficient (Wildman–Crippen LogP) is 1.06. The lowest BCUT2D eigenvalue weighted by Gasteiger charge is -2.25. The first kappa shape index (κ1) is 15.2. The number of rotatable bonds is 4. The van der Waals surface area contributed by atoms with Gasteiger partial charge < -0.3 is 0 Å². The number of benzene rings is 1. The molecule has 1 aliphatic rings. The summed E-state index contributed by atoms with van der Waals surface area (Å²) in [5.74, 6) is 0.471.